The van der Waals surface area contributed by atoms with E-state index in [0.29, 0.717) is 6.04 Å². The first kappa shape index (κ1) is 14.6. The second-order valence-electron chi connectivity index (χ2n) is 6.39. The number of nitrogens with zero attached hydrogens (tertiary/aromatic N) is 4. The Labute approximate surface area is 135 Å². The molecule has 4 rings (SSSR count). The molecule has 124 valence electrons. The Bertz CT molecular complexity index is 767. The van der Waals surface area contributed by atoms with E-state index in [0.717, 1.165) is 56.0 Å². The third-order valence-electron chi connectivity index (χ3n) is 5.03. The number of likely N-dealkylation sites (N-methyl/N-ethyl adjacent to an activating group) is 1. The van der Waals surface area contributed by atoms with Crippen molar-refractivity contribution >= 4 is 16.7 Å². The van der Waals surface area contributed by atoms with Crippen LogP contribution in [-0.2, 0) is 7.05 Å². The molecule has 2 saturated heterocycles. The molecule has 2 aromatic rings. The number of hydrogen-bond donors (Lipinski definition) is 2. The number of nitrogens with one attached hydrogen (secondary N) is 2. The maximum absolute atomic E-state index is 12.8. The quantitative estimate of drug-likeness (QED) is 0.783. The van der Waals surface area contributed by atoms with E-state index in [4.69, 9.17) is 0 Å². The number of anilines is 1. The van der Waals surface area contributed by atoms with Crippen LogP contribution in [0.25, 0.3) is 11.0 Å². The van der Waals surface area contributed by atoms with Gasteiger partial charge in [0.25, 0.3) is 0 Å². The molecule has 2 aliphatic heterocycles. The lowest BCUT2D eigenvalue weighted by molar-refractivity contribution is 0.451. The Morgan fingerprint density at radius 3 is 2.65 bits per heavy atom. The summed E-state index contributed by atoms with van der Waals surface area (Å²) in [5.74, 6) is 0. The van der Waals surface area contributed by atoms with Crippen LogP contribution in [-0.4, -0.2) is 61.6 Å². The molecule has 2 N–H and O–H groups in total. The fourth-order valence-corrected chi connectivity index (χ4v) is 3.61. The average molecular weight is 316 g/mol. The molecule has 0 atom stereocenters. The molecule has 0 aliphatic carbocycles. The number of fused-ring (bicyclic) bond motifs is 1. The van der Waals surface area contributed by atoms with Crippen LogP contribution in [0.3, 0.4) is 0 Å². The molecule has 0 bridgehead atoms. The summed E-state index contributed by atoms with van der Waals surface area (Å²) < 4.78 is 3.65. The van der Waals surface area contributed by atoms with Crippen LogP contribution >= 0.6 is 0 Å². The van der Waals surface area contributed by atoms with Gasteiger partial charge in [0.05, 0.1) is 16.7 Å². The van der Waals surface area contributed by atoms with Gasteiger partial charge < -0.3 is 20.5 Å². The van der Waals surface area contributed by atoms with Crippen LogP contribution in [0.15, 0.2) is 23.0 Å². The van der Waals surface area contributed by atoms with Crippen molar-refractivity contribution in [1.82, 2.24) is 19.9 Å². The Morgan fingerprint density at radius 1 is 1.22 bits per heavy atom. The van der Waals surface area contributed by atoms with E-state index >= 15 is 0 Å². The monoisotopic (exact) mass is 316 g/mol. The van der Waals surface area contributed by atoms with E-state index in [-0.39, 0.29) is 5.69 Å². The number of rotatable bonds is 3. The fourth-order valence-electron chi connectivity index (χ4n) is 3.61. The number of imidazole rings is 1. The van der Waals surface area contributed by atoms with Gasteiger partial charge in [-0.25, -0.2) is 9.47 Å². The molecule has 2 fully saturated rings. The van der Waals surface area contributed by atoms with E-state index in [1.807, 2.05) is 18.8 Å². The third-order valence-corrected chi connectivity index (χ3v) is 5.03. The lowest BCUT2D eigenvalue weighted by atomic mass is 10.1. The molecule has 7 nitrogen and oxygen atoms in total. The molecule has 23 heavy (non-hydrogen) atoms. The zero-order chi connectivity index (χ0) is 16.0. The van der Waals surface area contributed by atoms with Crippen LogP contribution in [0.4, 0.5) is 5.69 Å². The summed E-state index contributed by atoms with van der Waals surface area (Å²) in [7, 11) is 3.88. The topological polar surface area (TPSA) is 57.5 Å². The van der Waals surface area contributed by atoms with E-state index in [1.54, 1.807) is 4.57 Å². The van der Waals surface area contributed by atoms with Gasteiger partial charge in [0, 0.05) is 52.4 Å². The van der Waals surface area contributed by atoms with Crippen molar-refractivity contribution < 1.29 is 0 Å². The zero-order valence-electron chi connectivity index (χ0n) is 13.7. The highest BCUT2D eigenvalue weighted by Crippen LogP contribution is 2.29. The van der Waals surface area contributed by atoms with Crippen molar-refractivity contribution in [3.05, 3.63) is 28.7 Å². The Hall–Kier alpha value is -1.99. The first-order valence-electron chi connectivity index (χ1n) is 8.29. The van der Waals surface area contributed by atoms with E-state index in [9.17, 15) is 4.79 Å². The molecule has 0 unspecified atom stereocenters. The number of aromatic nitrogens is 2. The van der Waals surface area contributed by atoms with E-state index in [2.05, 4.69) is 38.7 Å². The van der Waals surface area contributed by atoms with Gasteiger partial charge in [-0.2, -0.15) is 0 Å². The summed E-state index contributed by atoms with van der Waals surface area (Å²) in [6.45, 7) is 5.52. The lowest BCUT2D eigenvalue weighted by Crippen LogP contribution is -2.57. The predicted octanol–water partition coefficient (Wildman–Crippen LogP) is -0.711. The number of aryl methyl sites for hydroxylation is 1. The van der Waals surface area contributed by atoms with Gasteiger partial charge in [0.15, 0.2) is 0 Å². The number of piperazine rings is 1. The standard InChI is InChI=1S/C16H24N6O/c1-17-12-10-20(11-12)13-4-3-5-14-15(13)19(2)16(23)22(14)21-8-6-18-7-9-21/h3-5,12,17-18H,6-11H2,1-2H3. The van der Waals surface area contributed by atoms with Crippen LogP contribution in [0.1, 0.15) is 0 Å². The van der Waals surface area contributed by atoms with Gasteiger partial charge in [0.2, 0.25) is 0 Å². The second kappa shape index (κ2) is 5.58. The molecular weight excluding hydrogens is 292 g/mol. The number of hydrogen-bond acceptors (Lipinski definition) is 5. The molecule has 2 aliphatic rings. The highest BCUT2D eigenvalue weighted by molar-refractivity contribution is 5.90. The molecule has 7 heteroatoms. The molecule has 3 heterocycles. The van der Waals surface area contributed by atoms with Gasteiger partial charge >= 0.3 is 5.69 Å². The summed E-state index contributed by atoms with van der Waals surface area (Å²) in [6.07, 6.45) is 0. The SMILES string of the molecule is CNC1CN(c2cccc3c2n(C)c(=O)n3N2CCNCC2)C1. The minimum atomic E-state index is 0.0417. The first-order chi connectivity index (χ1) is 11.2. The van der Waals surface area contributed by atoms with Crippen LogP contribution in [0.2, 0.25) is 0 Å². The summed E-state index contributed by atoms with van der Waals surface area (Å²) in [4.78, 5) is 15.2. The van der Waals surface area contributed by atoms with Gasteiger partial charge in [-0.05, 0) is 19.2 Å². The Kier molecular flexibility index (Phi) is 3.54. The fraction of sp³-hybridized carbons (Fsp3) is 0.562. The summed E-state index contributed by atoms with van der Waals surface area (Å²) in [5.41, 5.74) is 3.23. The minimum absolute atomic E-state index is 0.0417. The molecule has 0 saturated carbocycles. The van der Waals surface area contributed by atoms with Gasteiger partial charge in [-0.3, -0.25) is 4.57 Å². The molecule has 1 aromatic carbocycles. The highest BCUT2D eigenvalue weighted by Gasteiger charge is 2.29. The lowest BCUT2D eigenvalue weighted by Gasteiger charge is -2.41. The van der Waals surface area contributed by atoms with Crippen molar-refractivity contribution in [2.24, 2.45) is 7.05 Å². The predicted molar refractivity (Wildman–Crippen MR) is 93.1 cm³/mol. The minimum Gasteiger partial charge on any atom is -0.367 e. The van der Waals surface area contributed by atoms with Gasteiger partial charge in [-0.1, -0.05) is 6.07 Å². The van der Waals surface area contributed by atoms with Crippen molar-refractivity contribution in [3.8, 4) is 0 Å². The Balaban J connectivity index is 1.80. The molecule has 1 aromatic heterocycles. The first-order valence-corrected chi connectivity index (χ1v) is 8.29. The van der Waals surface area contributed by atoms with Crippen LogP contribution < -0.4 is 26.2 Å². The molecule has 0 radical (unpaired) electrons. The molecular formula is C16H24N6O. The number of para-hydroxylation sites is 1. The third kappa shape index (κ3) is 2.22. The molecule has 0 spiro atoms. The maximum Gasteiger partial charge on any atom is 0.347 e. The maximum atomic E-state index is 12.8. The Morgan fingerprint density at radius 2 is 1.96 bits per heavy atom. The normalized spacial score (nSPS) is 19.4. The van der Waals surface area contributed by atoms with Crippen LogP contribution in [0.5, 0.6) is 0 Å². The van der Waals surface area contributed by atoms with Gasteiger partial charge in [-0.15, -0.1) is 0 Å². The second-order valence-corrected chi connectivity index (χ2v) is 6.39. The zero-order valence-corrected chi connectivity index (χ0v) is 13.7. The molecule has 0 amide bonds. The summed E-state index contributed by atoms with van der Waals surface area (Å²) >= 11 is 0. The number of benzene rings is 1. The smallest absolute Gasteiger partial charge is 0.347 e. The average Bonchev–Trinajstić information content (AvgIpc) is 2.79. The van der Waals surface area contributed by atoms with Crippen molar-refractivity contribution in [1.29, 1.82) is 0 Å². The van der Waals surface area contributed by atoms with Crippen LogP contribution in [0, 0.1) is 0 Å². The largest absolute Gasteiger partial charge is 0.367 e. The van der Waals surface area contributed by atoms with Crippen molar-refractivity contribution in [2.45, 2.75) is 6.04 Å². The van der Waals surface area contributed by atoms with E-state index in [1.165, 1.54) is 0 Å². The highest BCUT2D eigenvalue weighted by atomic mass is 16.2. The summed E-state index contributed by atoms with van der Waals surface area (Å²) in [5, 5.41) is 8.79. The summed E-state index contributed by atoms with van der Waals surface area (Å²) in [6, 6.07) is 6.77. The van der Waals surface area contributed by atoms with Crippen molar-refractivity contribution in [2.75, 3.05) is 56.2 Å². The van der Waals surface area contributed by atoms with Gasteiger partial charge in [0.1, 0.15) is 0 Å². The van der Waals surface area contributed by atoms with E-state index < -0.39 is 0 Å². The van der Waals surface area contributed by atoms with Crippen molar-refractivity contribution in [3.63, 3.8) is 0 Å².